The molecule has 2 aromatic carbocycles. The Balaban J connectivity index is 0.000000159. The van der Waals surface area contributed by atoms with Crippen molar-refractivity contribution in [3.05, 3.63) is 53.8 Å². The van der Waals surface area contributed by atoms with Gasteiger partial charge in [-0.1, -0.05) is 11.6 Å². The van der Waals surface area contributed by atoms with Gasteiger partial charge in [-0.25, -0.2) is 0 Å². The van der Waals surface area contributed by atoms with Crippen LogP contribution in [0.1, 0.15) is 65.2 Å². The van der Waals surface area contributed by atoms with Crippen LogP contribution < -0.4 is 29.2 Å². The molecule has 2 aliphatic carbocycles. The highest BCUT2D eigenvalue weighted by molar-refractivity contribution is 6.35. The van der Waals surface area contributed by atoms with Gasteiger partial charge in [0.1, 0.15) is 0 Å². The summed E-state index contributed by atoms with van der Waals surface area (Å²) in [5.74, 6) is 3.77. The molecule has 2 aliphatic heterocycles. The molecule has 2 saturated carbocycles. The number of nitrogens with one attached hydrogen (secondary N) is 1. The predicted octanol–water partition coefficient (Wildman–Crippen LogP) is 8.05. The molecule has 57 heavy (non-hydrogen) atoms. The van der Waals surface area contributed by atoms with Crippen LogP contribution in [0.25, 0.3) is 21.8 Å². The highest BCUT2D eigenvalue weighted by Crippen LogP contribution is 2.57. The summed E-state index contributed by atoms with van der Waals surface area (Å²) in [5, 5.41) is 5.91. The first-order chi connectivity index (χ1) is 27.7. The number of benzene rings is 2. The second-order valence-electron chi connectivity index (χ2n) is 15.1. The van der Waals surface area contributed by atoms with E-state index < -0.39 is 0 Å². The van der Waals surface area contributed by atoms with E-state index in [4.69, 9.17) is 40.0 Å². The topological polar surface area (TPSA) is 131 Å². The van der Waals surface area contributed by atoms with Crippen LogP contribution >= 0.6 is 11.6 Å². The van der Waals surface area contributed by atoms with Crippen LogP contribution in [0.3, 0.4) is 0 Å². The molecular formula is C44H57ClN4O8. The van der Waals surface area contributed by atoms with Crippen molar-refractivity contribution >= 4 is 51.0 Å². The van der Waals surface area contributed by atoms with Crippen molar-refractivity contribution in [3.8, 4) is 23.0 Å². The molecule has 0 amide bonds. The van der Waals surface area contributed by atoms with Crippen LogP contribution in [0.15, 0.2) is 48.8 Å². The van der Waals surface area contributed by atoms with E-state index in [0.717, 1.165) is 105 Å². The Morgan fingerprint density at radius 1 is 0.684 bits per heavy atom. The van der Waals surface area contributed by atoms with Gasteiger partial charge in [-0.15, -0.1) is 0 Å². The van der Waals surface area contributed by atoms with E-state index in [1.54, 1.807) is 46.8 Å². The van der Waals surface area contributed by atoms with E-state index in [1.807, 2.05) is 38.2 Å². The smallest absolute Gasteiger partial charge is 0.312 e. The van der Waals surface area contributed by atoms with Gasteiger partial charge in [0.2, 0.25) is 0 Å². The number of hydrogen-bond donors (Lipinski definition) is 1. The molecule has 2 aromatic heterocycles. The maximum Gasteiger partial charge on any atom is 0.312 e. The number of piperidine rings is 2. The van der Waals surface area contributed by atoms with Gasteiger partial charge in [0.25, 0.3) is 0 Å². The summed E-state index contributed by atoms with van der Waals surface area (Å²) in [6, 6.07) is 11.4. The van der Waals surface area contributed by atoms with Gasteiger partial charge in [-0.3, -0.25) is 19.6 Å². The molecule has 4 aliphatic rings. The summed E-state index contributed by atoms with van der Waals surface area (Å²) in [7, 11) is 6.47. The summed E-state index contributed by atoms with van der Waals surface area (Å²) >= 11 is 6.05. The van der Waals surface area contributed by atoms with Crippen molar-refractivity contribution in [3.63, 3.8) is 0 Å². The molecule has 2 saturated heterocycles. The summed E-state index contributed by atoms with van der Waals surface area (Å²) in [6.07, 6.45) is 11.9. The van der Waals surface area contributed by atoms with Gasteiger partial charge in [-0.2, -0.15) is 0 Å². The number of nitrogens with zero attached hydrogens (tertiary/aromatic N) is 3. The van der Waals surface area contributed by atoms with Crippen molar-refractivity contribution in [2.75, 3.05) is 72.7 Å². The number of fused-ring (bicyclic) bond motifs is 2. The highest BCUT2D eigenvalue weighted by atomic mass is 35.5. The van der Waals surface area contributed by atoms with Crippen LogP contribution in [-0.4, -0.2) is 89.7 Å². The number of esters is 2. The van der Waals surface area contributed by atoms with Gasteiger partial charge < -0.3 is 38.6 Å². The average molecular weight is 805 g/mol. The van der Waals surface area contributed by atoms with Crippen molar-refractivity contribution in [2.24, 2.45) is 22.7 Å². The number of carbonyl (C=O) groups is 2. The summed E-state index contributed by atoms with van der Waals surface area (Å²) in [5.41, 5.74) is 2.56. The number of pyridine rings is 2. The number of ether oxygens (including phenoxy) is 6. The molecular weight excluding hydrogens is 748 g/mol. The zero-order valence-corrected chi connectivity index (χ0v) is 34.9. The number of anilines is 1. The van der Waals surface area contributed by atoms with Gasteiger partial charge in [0.15, 0.2) is 23.0 Å². The molecule has 0 atom stereocenters. The van der Waals surface area contributed by atoms with Crippen LogP contribution in [-0.2, 0) is 19.1 Å². The van der Waals surface area contributed by atoms with E-state index >= 15 is 0 Å². The number of aromatic nitrogens is 2. The monoisotopic (exact) mass is 804 g/mol. The molecule has 1 N–H and O–H groups in total. The summed E-state index contributed by atoms with van der Waals surface area (Å²) in [6.45, 7) is 8.74. The molecule has 12 nitrogen and oxygen atoms in total. The Hall–Kier alpha value is -4.55. The third-order valence-electron chi connectivity index (χ3n) is 12.1. The Morgan fingerprint density at radius 3 is 1.60 bits per heavy atom. The third kappa shape index (κ3) is 9.12. The first kappa shape index (κ1) is 42.1. The van der Waals surface area contributed by atoms with Crippen molar-refractivity contribution in [1.29, 1.82) is 0 Å². The van der Waals surface area contributed by atoms with Crippen LogP contribution in [0.2, 0.25) is 5.02 Å². The number of methoxy groups -OCH3 is 4. The fourth-order valence-corrected chi connectivity index (χ4v) is 8.81. The Bertz CT molecular complexity index is 2010. The standard InChI is InChI=1S/C22H28N2O4.C11H10ClNO2.C11H19NO2/c1-4-28-21(25)22(8-9-22)15-6-11-24(12-7-15)18-5-10-23-17-14-20(27-3)19(26-2)13-16(17)18;1-14-10-5-7-8(12)3-4-13-9(7)6-11(10)15-2;1-2-14-10(13)11(5-6-11)9-3-7-12-8-4-9/h5,10,13-15H,4,6-9,11-12H2,1-3H3;3-6H,1-2H3;9,12H,2-8H2,1H3. The maximum absolute atomic E-state index is 12.4. The van der Waals surface area contributed by atoms with E-state index in [9.17, 15) is 9.59 Å². The van der Waals surface area contributed by atoms with Crippen LogP contribution in [0.5, 0.6) is 23.0 Å². The highest BCUT2D eigenvalue weighted by Gasteiger charge is 2.57. The quantitative estimate of drug-likeness (QED) is 0.147. The first-order valence-electron chi connectivity index (χ1n) is 20.2. The average Bonchev–Trinajstić information content (AvgIpc) is 4.20. The molecule has 4 fully saturated rings. The third-order valence-corrected chi connectivity index (χ3v) is 12.4. The van der Waals surface area contributed by atoms with E-state index in [-0.39, 0.29) is 22.8 Å². The van der Waals surface area contributed by atoms with E-state index in [1.165, 1.54) is 0 Å². The molecule has 4 heterocycles. The molecule has 0 radical (unpaired) electrons. The second kappa shape index (κ2) is 18.8. The minimum atomic E-state index is -0.209. The normalized spacial score (nSPS) is 18.3. The lowest BCUT2D eigenvalue weighted by molar-refractivity contribution is -0.153. The fourth-order valence-electron chi connectivity index (χ4n) is 8.60. The molecule has 8 rings (SSSR count). The number of hydrogen-bond acceptors (Lipinski definition) is 12. The maximum atomic E-state index is 12.4. The Kier molecular flexibility index (Phi) is 13.9. The zero-order valence-electron chi connectivity index (χ0n) is 34.2. The Labute approximate surface area is 340 Å². The minimum Gasteiger partial charge on any atom is -0.493 e. The summed E-state index contributed by atoms with van der Waals surface area (Å²) < 4.78 is 31.8. The van der Waals surface area contributed by atoms with Crippen LogP contribution in [0, 0.1) is 22.7 Å². The Morgan fingerprint density at radius 2 is 1.12 bits per heavy atom. The van der Waals surface area contributed by atoms with E-state index in [2.05, 4.69) is 26.3 Å². The SMILES string of the molecule is CCOC(=O)C1(C2CCN(c3ccnc4cc(OC)c(OC)cc34)CC2)CC1.CCOC(=O)C1(C2CCNCC2)CC1.COc1cc2nccc(Cl)c2cc1OC. The van der Waals surface area contributed by atoms with Crippen molar-refractivity contribution in [1.82, 2.24) is 15.3 Å². The van der Waals surface area contributed by atoms with Crippen LogP contribution in [0.4, 0.5) is 5.69 Å². The molecule has 13 heteroatoms. The number of halogens is 1. The van der Waals surface area contributed by atoms with Gasteiger partial charge in [0, 0.05) is 54.1 Å². The minimum absolute atomic E-state index is 0.0136. The van der Waals surface area contributed by atoms with E-state index in [0.29, 0.717) is 53.1 Å². The first-order valence-corrected chi connectivity index (χ1v) is 20.5. The fraction of sp³-hybridized carbons (Fsp3) is 0.545. The number of rotatable bonds is 11. The summed E-state index contributed by atoms with van der Waals surface area (Å²) in [4.78, 5) is 35.3. The lowest BCUT2D eigenvalue weighted by atomic mass is 9.81. The van der Waals surface area contributed by atoms with Crippen molar-refractivity contribution in [2.45, 2.75) is 65.2 Å². The zero-order chi connectivity index (χ0) is 40.6. The number of carbonyl (C=O) groups excluding carboxylic acids is 2. The molecule has 0 unspecified atom stereocenters. The second-order valence-corrected chi connectivity index (χ2v) is 15.5. The lowest BCUT2D eigenvalue weighted by Gasteiger charge is -2.37. The molecule has 308 valence electrons. The molecule has 0 bridgehead atoms. The lowest BCUT2D eigenvalue weighted by Crippen LogP contribution is -2.39. The van der Waals surface area contributed by atoms with Gasteiger partial charge in [0.05, 0.1) is 68.5 Å². The van der Waals surface area contributed by atoms with Crippen molar-refractivity contribution < 1.29 is 38.0 Å². The molecule has 4 aromatic rings. The predicted molar refractivity (Wildman–Crippen MR) is 222 cm³/mol. The van der Waals surface area contributed by atoms with Gasteiger partial charge >= 0.3 is 11.9 Å². The largest absolute Gasteiger partial charge is 0.493 e. The molecule has 0 spiro atoms. The van der Waals surface area contributed by atoms with Gasteiger partial charge in [-0.05, 0) is 114 Å².